The molecule has 1 fully saturated rings. The van der Waals surface area contributed by atoms with Crippen molar-refractivity contribution in [3.8, 4) is 0 Å². The summed E-state index contributed by atoms with van der Waals surface area (Å²) in [6, 6.07) is 1.94. The Bertz CT molecular complexity index is 450. The van der Waals surface area contributed by atoms with Crippen molar-refractivity contribution < 1.29 is 9.47 Å². The van der Waals surface area contributed by atoms with Gasteiger partial charge in [-0.05, 0) is 38.7 Å². The summed E-state index contributed by atoms with van der Waals surface area (Å²) in [6.07, 6.45) is 8.16. The predicted molar refractivity (Wildman–Crippen MR) is 111 cm³/mol. The summed E-state index contributed by atoms with van der Waals surface area (Å²) in [6.45, 7) is 7.95. The molecular formula is C17H32IN5O2. The number of guanidine groups is 1. The van der Waals surface area contributed by atoms with Gasteiger partial charge in [0.2, 0.25) is 0 Å². The molecule has 0 saturated carbocycles. The number of hydrogen-bond acceptors (Lipinski definition) is 4. The number of aliphatic imine (C=N–C) groups is 1. The fraction of sp³-hybridized carbons (Fsp3) is 0.765. The topological polar surface area (TPSA) is 72.7 Å². The SMILES string of the molecule is CCNC(=NCCCn1cccn1)NCCCOC1CCOCC1.I. The molecule has 25 heavy (non-hydrogen) atoms. The van der Waals surface area contributed by atoms with E-state index >= 15 is 0 Å². The number of nitrogens with zero attached hydrogens (tertiary/aromatic N) is 3. The van der Waals surface area contributed by atoms with Gasteiger partial charge in [0.1, 0.15) is 0 Å². The fourth-order valence-electron chi connectivity index (χ4n) is 2.57. The first-order chi connectivity index (χ1) is 11.9. The zero-order valence-corrected chi connectivity index (χ0v) is 17.5. The van der Waals surface area contributed by atoms with E-state index in [4.69, 9.17) is 9.47 Å². The first kappa shape index (κ1) is 22.2. The molecule has 0 aliphatic carbocycles. The predicted octanol–water partition coefficient (Wildman–Crippen LogP) is 2.03. The molecule has 1 aliphatic heterocycles. The Labute approximate surface area is 168 Å². The van der Waals surface area contributed by atoms with Crippen LogP contribution in [0.25, 0.3) is 0 Å². The van der Waals surface area contributed by atoms with Crippen LogP contribution in [0.3, 0.4) is 0 Å². The van der Waals surface area contributed by atoms with Crippen LogP contribution in [-0.4, -0.2) is 61.3 Å². The highest BCUT2D eigenvalue weighted by Gasteiger charge is 2.13. The minimum absolute atomic E-state index is 0. The second kappa shape index (κ2) is 14.3. The van der Waals surface area contributed by atoms with Gasteiger partial charge in [0, 0.05) is 58.4 Å². The second-order valence-corrected chi connectivity index (χ2v) is 5.85. The van der Waals surface area contributed by atoms with E-state index < -0.39 is 0 Å². The van der Waals surface area contributed by atoms with Crippen molar-refractivity contribution >= 4 is 29.9 Å². The van der Waals surface area contributed by atoms with E-state index in [1.807, 2.05) is 16.9 Å². The molecule has 2 heterocycles. The summed E-state index contributed by atoms with van der Waals surface area (Å²) >= 11 is 0. The smallest absolute Gasteiger partial charge is 0.191 e. The van der Waals surface area contributed by atoms with Gasteiger partial charge in [-0.15, -0.1) is 24.0 Å². The van der Waals surface area contributed by atoms with Crippen molar-refractivity contribution in [3.63, 3.8) is 0 Å². The number of halogens is 1. The number of nitrogens with one attached hydrogen (secondary N) is 2. The first-order valence-corrected chi connectivity index (χ1v) is 9.07. The monoisotopic (exact) mass is 465 g/mol. The van der Waals surface area contributed by atoms with Gasteiger partial charge in [0.15, 0.2) is 5.96 Å². The molecular weight excluding hydrogens is 433 g/mol. The van der Waals surface area contributed by atoms with Crippen LogP contribution in [0.4, 0.5) is 0 Å². The maximum Gasteiger partial charge on any atom is 0.191 e. The van der Waals surface area contributed by atoms with Gasteiger partial charge in [-0.25, -0.2) is 0 Å². The highest BCUT2D eigenvalue weighted by atomic mass is 127. The summed E-state index contributed by atoms with van der Waals surface area (Å²) in [7, 11) is 0. The average molecular weight is 465 g/mol. The summed E-state index contributed by atoms with van der Waals surface area (Å²) < 4.78 is 13.1. The van der Waals surface area contributed by atoms with E-state index in [1.54, 1.807) is 6.20 Å². The molecule has 0 spiro atoms. The molecule has 2 N–H and O–H groups in total. The zero-order chi connectivity index (χ0) is 16.9. The standard InChI is InChI=1S/C17H31N5O2.HI/c1-2-18-17(19-8-3-11-22-12-4-10-21-22)20-9-5-13-24-16-6-14-23-15-7-16;/h4,10,12,16H,2-3,5-9,11,13-15H2,1H3,(H2,18,19,20);1H. The summed E-state index contributed by atoms with van der Waals surface area (Å²) in [5, 5.41) is 10.8. The van der Waals surface area contributed by atoms with E-state index in [-0.39, 0.29) is 24.0 Å². The van der Waals surface area contributed by atoms with E-state index in [1.165, 1.54) is 0 Å². The van der Waals surface area contributed by atoms with E-state index in [9.17, 15) is 0 Å². The van der Waals surface area contributed by atoms with E-state index in [2.05, 4.69) is 27.6 Å². The van der Waals surface area contributed by atoms with Gasteiger partial charge in [0.05, 0.1) is 6.10 Å². The number of aryl methyl sites for hydroxylation is 1. The van der Waals surface area contributed by atoms with Crippen molar-refractivity contribution in [1.29, 1.82) is 0 Å². The molecule has 0 bridgehead atoms. The molecule has 0 aromatic carbocycles. The molecule has 0 amide bonds. The molecule has 144 valence electrons. The summed E-state index contributed by atoms with van der Waals surface area (Å²) in [5.41, 5.74) is 0. The van der Waals surface area contributed by atoms with Crippen molar-refractivity contribution in [2.24, 2.45) is 4.99 Å². The van der Waals surface area contributed by atoms with Crippen LogP contribution in [0, 0.1) is 0 Å². The molecule has 0 unspecified atom stereocenters. The Morgan fingerprint density at radius 1 is 1.32 bits per heavy atom. The van der Waals surface area contributed by atoms with Crippen LogP contribution in [0.2, 0.25) is 0 Å². The van der Waals surface area contributed by atoms with Gasteiger partial charge in [-0.2, -0.15) is 5.10 Å². The minimum atomic E-state index is 0. The van der Waals surface area contributed by atoms with Crippen LogP contribution in [-0.2, 0) is 16.0 Å². The third-order valence-electron chi connectivity index (χ3n) is 3.85. The van der Waals surface area contributed by atoms with Crippen molar-refractivity contribution in [3.05, 3.63) is 18.5 Å². The molecule has 8 heteroatoms. The number of ether oxygens (including phenoxy) is 2. The number of aromatic nitrogens is 2. The Morgan fingerprint density at radius 3 is 2.88 bits per heavy atom. The minimum Gasteiger partial charge on any atom is -0.381 e. The third kappa shape index (κ3) is 10.0. The molecule has 1 saturated heterocycles. The Balaban J connectivity index is 0.00000312. The first-order valence-electron chi connectivity index (χ1n) is 9.07. The highest BCUT2D eigenvalue weighted by molar-refractivity contribution is 14.0. The van der Waals surface area contributed by atoms with Crippen LogP contribution in [0.15, 0.2) is 23.5 Å². The van der Waals surface area contributed by atoms with Gasteiger partial charge in [0.25, 0.3) is 0 Å². The van der Waals surface area contributed by atoms with Crippen molar-refractivity contribution in [2.45, 2.75) is 45.3 Å². The second-order valence-electron chi connectivity index (χ2n) is 5.85. The zero-order valence-electron chi connectivity index (χ0n) is 15.2. The lowest BCUT2D eigenvalue weighted by Crippen LogP contribution is -2.38. The van der Waals surface area contributed by atoms with Gasteiger partial charge < -0.3 is 20.1 Å². The summed E-state index contributed by atoms with van der Waals surface area (Å²) in [4.78, 5) is 4.60. The molecule has 1 aliphatic rings. The van der Waals surface area contributed by atoms with Crippen LogP contribution in [0.1, 0.15) is 32.6 Å². The molecule has 7 nitrogen and oxygen atoms in total. The van der Waals surface area contributed by atoms with Crippen LogP contribution < -0.4 is 10.6 Å². The Morgan fingerprint density at radius 2 is 2.16 bits per heavy atom. The van der Waals surface area contributed by atoms with Crippen LogP contribution in [0.5, 0.6) is 0 Å². The lowest BCUT2D eigenvalue weighted by Gasteiger charge is -2.22. The highest BCUT2D eigenvalue weighted by Crippen LogP contribution is 2.10. The Kier molecular flexibility index (Phi) is 12.7. The quantitative estimate of drug-likeness (QED) is 0.240. The van der Waals surface area contributed by atoms with E-state index in [0.29, 0.717) is 6.10 Å². The maximum absolute atomic E-state index is 5.87. The lowest BCUT2D eigenvalue weighted by molar-refractivity contribution is -0.0320. The number of rotatable bonds is 10. The van der Waals surface area contributed by atoms with Crippen LogP contribution >= 0.6 is 24.0 Å². The van der Waals surface area contributed by atoms with Crippen molar-refractivity contribution in [2.75, 3.05) is 39.5 Å². The van der Waals surface area contributed by atoms with E-state index in [0.717, 1.165) is 77.6 Å². The van der Waals surface area contributed by atoms with Gasteiger partial charge in [-0.3, -0.25) is 9.67 Å². The van der Waals surface area contributed by atoms with Gasteiger partial charge >= 0.3 is 0 Å². The molecule has 1 aromatic heterocycles. The third-order valence-corrected chi connectivity index (χ3v) is 3.85. The lowest BCUT2D eigenvalue weighted by atomic mass is 10.1. The normalized spacial score (nSPS) is 15.6. The average Bonchev–Trinajstić information content (AvgIpc) is 3.12. The molecule has 0 radical (unpaired) electrons. The molecule has 1 aromatic rings. The Hall–Kier alpha value is -0.870. The summed E-state index contributed by atoms with van der Waals surface area (Å²) in [5.74, 6) is 0.879. The van der Waals surface area contributed by atoms with Gasteiger partial charge in [-0.1, -0.05) is 0 Å². The molecule has 2 rings (SSSR count). The van der Waals surface area contributed by atoms with Crippen molar-refractivity contribution in [1.82, 2.24) is 20.4 Å². The molecule has 0 atom stereocenters. The largest absolute Gasteiger partial charge is 0.381 e. The fourth-order valence-corrected chi connectivity index (χ4v) is 2.57. The number of hydrogen-bond donors (Lipinski definition) is 2. The maximum atomic E-state index is 5.87.